The molecule has 2 atom stereocenters. The van der Waals surface area contributed by atoms with Gasteiger partial charge >= 0.3 is 5.97 Å². The Morgan fingerprint density at radius 3 is 2.74 bits per heavy atom. The van der Waals surface area contributed by atoms with E-state index in [1.54, 1.807) is 0 Å². The van der Waals surface area contributed by atoms with E-state index < -0.39 is 5.97 Å². The summed E-state index contributed by atoms with van der Waals surface area (Å²) in [6, 6.07) is 1.99. The van der Waals surface area contributed by atoms with Crippen LogP contribution in [0.3, 0.4) is 0 Å². The van der Waals surface area contributed by atoms with Crippen molar-refractivity contribution in [3.05, 3.63) is 0 Å². The molecule has 1 saturated heterocycles. The average molecular weight is 266 g/mol. The number of carboxylic acid groups (broad SMARTS) is 1. The lowest BCUT2D eigenvalue weighted by Gasteiger charge is -2.36. The van der Waals surface area contributed by atoms with Gasteiger partial charge in [0.2, 0.25) is 0 Å². The topological polar surface area (TPSA) is 64.3 Å². The molecule has 0 aromatic rings. The number of aliphatic carboxylic acids is 1. The molecule has 4 heteroatoms. The molecular formula is C15H26N2O2. The molecule has 2 unspecified atom stereocenters. The zero-order valence-electron chi connectivity index (χ0n) is 12.4. The summed E-state index contributed by atoms with van der Waals surface area (Å²) in [5.74, 6) is -0.182. The van der Waals surface area contributed by atoms with E-state index in [9.17, 15) is 9.90 Å². The molecule has 0 saturated carbocycles. The number of likely N-dealkylation sites (tertiary alicyclic amines) is 1. The molecule has 1 heterocycles. The predicted octanol–water partition coefficient (Wildman–Crippen LogP) is 2.89. The van der Waals surface area contributed by atoms with Crippen molar-refractivity contribution in [2.75, 3.05) is 13.1 Å². The van der Waals surface area contributed by atoms with Gasteiger partial charge in [0.15, 0.2) is 0 Å². The van der Waals surface area contributed by atoms with Crippen molar-refractivity contribution in [3.8, 4) is 6.07 Å². The van der Waals surface area contributed by atoms with Gasteiger partial charge in [0.05, 0.1) is 11.5 Å². The van der Waals surface area contributed by atoms with Gasteiger partial charge in [-0.25, -0.2) is 0 Å². The molecule has 0 bridgehead atoms. The van der Waals surface area contributed by atoms with Gasteiger partial charge in [0, 0.05) is 0 Å². The molecule has 0 aromatic heterocycles. The van der Waals surface area contributed by atoms with E-state index in [4.69, 9.17) is 5.26 Å². The monoisotopic (exact) mass is 266 g/mol. The first-order valence-corrected chi connectivity index (χ1v) is 7.24. The normalized spacial score (nSPS) is 24.9. The fourth-order valence-electron chi connectivity index (χ4n) is 2.65. The number of carbonyl (C=O) groups is 1. The van der Waals surface area contributed by atoms with Gasteiger partial charge in [-0.15, -0.1) is 0 Å². The molecule has 0 aliphatic carbocycles. The molecule has 4 nitrogen and oxygen atoms in total. The highest BCUT2D eigenvalue weighted by Gasteiger charge is 2.31. The Labute approximate surface area is 116 Å². The van der Waals surface area contributed by atoms with Gasteiger partial charge in [-0.1, -0.05) is 13.3 Å². The third kappa shape index (κ3) is 5.20. The van der Waals surface area contributed by atoms with Crippen molar-refractivity contribution in [2.45, 2.75) is 58.9 Å². The van der Waals surface area contributed by atoms with E-state index in [0.29, 0.717) is 5.92 Å². The highest BCUT2D eigenvalue weighted by molar-refractivity contribution is 5.73. The summed E-state index contributed by atoms with van der Waals surface area (Å²) in [5, 5.41) is 18.2. The molecule has 0 radical (unpaired) electrons. The van der Waals surface area contributed by atoms with Crippen LogP contribution in [0.1, 0.15) is 52.9 Å². The first-order chi connectivity index (χ1) is 8.85. The van der Waals surface area contributed by atoms with Crippen molar-refractivity contribution >= 4 is 5.97 Å². The number of piperidine rings is 1. The highest BCUT2D eigenvalue weighted by Crippen LogP contribution is 2.25. The standard InChI is InChI=1S/C15H26N2O2/c1-12-6-9-17(13(10-12)14(18)19)8-5-4-7-15(2,3)11-16/h12-13H,4-10H2,1-3H3,(H,18,19). The molecule has 108 valence electrons. The minimum absolute atomic E-state index is 0.261. The predicted molar refractivity (Wildman–Crippen MR) is 74.6 cm³/mol. The van der Waals surface area contributed by atoms with Crippen LogP contribution in [-0.4, -0.2) is 35.1 Å². The average Bonchev–Trinajstić information content (AvgIpc) is 2.36. The van der Waals surface area contributed by atoms with Crippen molar-refractivity contribution in [3.63, 3.8) is 0 Å². The first kappa shape index (κ1) is 16.0. The largest absolute Gasteiger partial charge is 0.480 e. The molecule has 0 spiro atoms. The second-order valence-electron chi connectivity index (χ2n) is 6.47. The van der Waals surface area contributed by atoms with Gasteiger partial charge < -0.3 is 5.11 Å². The Morgan fingerprint density at radius 2 is 2.16 bits per heavy atom. The molecule has 1 rings (SSSR count). The van der Waals surface area contributed by atoms with Gasteiger partial charge in [-0.2, -0.15) is 5.26 Å². The molecule has 1 fully saturated rings. The smallest absolute Gasteiger partial charge is 0.320 e. The fraction of sp³-hybridized carbons (Fsp3) is 0.867. The van der Waals surface area contributed by atoms with Crippen LogP contribution in [0.25, 0.3) is 0 Å². The lowest BCUT2D eigenvalue weighted by Crippen LogP contribution is -2.47. The van der Waals surface area contributed by atoms with E-state index >= 15 is 0 Å². The summed E-state index contributed by atoms with van der Waals surface area (Å²) < 4.78 is 0. The number of carboxylic acids is 1. The number of hydrogen-bond acceptors (Lipinski definition) is 3. The molecule has 0 aromatic carbocycles. The van der Waals surface area contributed by atoms with Gasteiger partial charge in [-0.3, -0.25) is 9.69 Å². The molecule has 0 amide bonds. The lowest BCUT2D eigenvalue weighted by atomic mass is 9.88. The highest BCUT2D eigenvalue weighted by atomic mass is 16.4. The fourth-order valence-corrected chi connectivity index (χ4v) is 2.65. The summed E-state index contributed by atoms with van der Waals surface area (Å²) in [4.78, 5) is 13.4. The van der Waals surface area contributed by atoms with Crippen LogP contribution in [0.2, 0.25) is 0 Å². The van der Waals surface area contributed by atoms with Crippen LogP contribution in [0, 0.1) is 22.7 Å². The summed E-state index contributed by atoms with van der Waals surface area (Å²) in [5.41, 5.74) is -0.261. The molecule has 19 heavy (non-hydrogen) atoms. The summed E-state index contributed by atoms with van der Waals surface area (Å²) in [6.45, 7) is 7.76. The second-order valence-corrected chi connectivity index (χ2v) is 6.47. The van der Waals surface area contributed by atoms with Crippen LogP contribution in [0.4, 0.5) is 0 Å². The number of unbranched alkanes of at least 4 members (excludes halogenated alkanes) is 1. The maximum atomic E-state index is 11.3. The molecule has 1 N–H and O–H groups in total. The Balaban J connectivity index is 2.35. The van der Waals surface area contributed by atoms with Crippen LogP contribution in [0.5, 0.6) is 0 Å². The summed E-state index contributed by atoms with van der Waals surface area (Å²) in [7, 11) is 0. The number of nitrogens with zero attached hydrogens (tertiary/aromatic N) is 2. The van der Waals surface area contributed by atoms with E-state index in [0.717, 1.165) is 45.2 Å². The maximum Gasteiger partial charge on any atom is 0.320 e. The summed E-state index contributed by atoms with van der Waals surface area (Å²) >= 11 is 0. The Bertz CT molecular complexity index is 347. The van der Waals surface area contributed by atoms with Gasteiger partial charge in [0.25, 0.3) is 0 Å². The van der Waals surface area contributed by atoms with Crippen LogP contribution >= 0.6 is 0 Å². The number of rotatable bonds is 6. The molecule has 1 aliphatic heterocycles. The number of hydrogen-bond donors (Lipinski definition) is 1. The Morgan fingerprint density at radius 1 is 1.47 bits per heavy atom. The zero-order chi connectivity index (χ0) is 14.5. The zero-order valence-corrected chi connectivity index (χ0v) is 12.4. The first-order valence-electron chi connectivity index (χ1n) is 7.24. The molecule has 1 aliphatic rings. The van der Waals surface area contributed by atoms with E-state index in [-0.39, 0.29) is 11.5 Å². The van der Waals surface area contributed by atoms with Gasteiger partial charge in [-0.05, 0) is 58.5 Å². The molecular weight excluding hydrogens is 240 g/mol. The SMILES string of the molecule is CC1CCN(CCCCC(C)(C)C#N)C(C(=O)O)C1. The van der Waals surface area contributed by atoms with Crippen molar-refractivity contribution < 1.29 is 9.90 Å². The number of nitriles is 1. The van der Waals surface area contributed by atoms with Crippen LogP contribution in [0.15, 0.2) is 0 Å². The van der Waals surface area contributed by atoms with Crippen molar-refractivity contribution in [1.82, 2.24) is 4.90 Å². The lowest BCUT2D eigenvalue weighted by molar-refractivity contribution is -0.145. The quantitative estimate of drug-likeness (QED) is 0.751. The third-order valence-corrected chi connectivity index (χ3v) is 4.06. The Hall–Kier alpha value is -1.08. The summed E-state index contributed by atoms with van der Waals surface area (Å²) in [6.07, 6.45) is 4.69. The van der Waals surface area contributed by atoms with Crippen molar-refractivity contribution in [1.29, 1.82) is 5.26 Å². The minimum atomic E-state index is -0.691. The van der Waals surface area contributed by atoms with E-state index in [1.165, 1.54) is 0 Å². The third-order valence-electron chi connectivity index (χ3n) is 4.06. The second kappa shape index (κ2) is 6.91. The van der Waals surface area contributed by atoms with Crippen molar-refractivity contribution in [2.24, 2.45) is 11.3 Å². The van der Waals surface area contributed by atoms with Crippen LogP contribution < -0.4 is 0 Å². The maximum absolute atomic E-state index is 11.3. The minimum Gasteiger partial charge on any atom is -0.480 e. The van der Waals surface area contributed by atoms with E-state index in [2.05, 4.69) is 17.9 Å². The van der Waals surface area contributed by atoms with Crippen LogP contribution in [-0.2, 0) is 4.79 Å². The van der Waals surface area contributed by atoms with Gasteiger partial charge in [0.1, 0.15) is 6.04 Å². The Kier molecular flexibility index (Phi) is 5.81. The van der Waals surface area contributed by atoms with E-state index in [1.807, 2.05) is 13.8 Å².